The van der Waals surface area contributed by atoms with E-state index in [1.54, 1.807) is 4.68 Å². The van der Waals surface area contributed by atoms with Gasteiger partial charge in [0.1, 0.15) is 11.5 Å². The maximum atomic E-state index is 10.3. The zero-order valence-electron chi connectivity index (χ0n) is 16.5. The van der Waals surface area contributed by atoms with Crippen LogP contribution >= 0.6 is 0 Å². The maximum absolute atomic E-state index is 10.3. The molecule has 7 heteroatoms. The summed E-state index contributed by atoms with van der Waals surface area (Å²) in [4.78, 5) is 2.33. The van der Waals surface area contributed by atoms with Crippen LogP contribution in [0.2, 0.25) is 0 Å². The largest absolute Gasteiger partial charge is 0.367 e. The summed E-state index contributed by atoms with van der Waals surface area (Å²) >= 11 is 0. The summed E-state index contributed by atoms with van der Waals surface area (Å²) in [5.41, 5.74) is 1.36. The fourth-order valence-corrected chi connectivity index (χ4v) is 3.98. The molecule has 0 saturated carbocycles. The molecule has 2 aromatic carbocycles. The van der Waals surface area contributed by atoms with Crippen LogP contribution in [-0.4, -0.2) is 51.3 Å². The lowest BCUT2D eigenvalue weighted by Crippen LogP contribution is -2.42. The van der Waals surface area contributed by atoms with Crippen molar-refractivity contribution < 1.29 is 4.74 Å². The van der Waals surface area contributed by atoms with E-state index < -0.39 is 5.41 Å². The highest BCUT2D eigenvalue weighted by atomic mass is 16.5. The van der Waals surface area contributed by atoms with Crippen LogP contribution in [0.1, 0.15) is 29.5 Å². The monoisotopic (exact) mass is 388 g/mol. The third kappa shape index (κ3) is 3.90. The summed E-state index contributed by atoms with van der Waals surface area (Å²) < 4.78 is 7.55. The number of hydrogen-bond donors (Lipinski definition) is 0. The summed E-state index contributed by atoms with van der Waals surface area (Å²) in [5.74, 6) is 0.729. The molecule has 2 heterocycles. The molecule has 0 aliphatic carbocycles. The second kappa shape index (κ2) is 8.52. The van der Waals surface area contributed by atoms with Gasteiger partial charge in [-0.25, -0.2) is 4.68 Å². The summed E-state index contributed by atoms with van der Waals surface area (Å²) in [7, 11) is 1.82. The lowest BCUT2D eigenvalue weighted by atomic mass is 9.73. The van der Waals surface area contributed by atoms with Crippen molar-refractivity contribution in [3.8, 4) is 6.07 Å². The Morgan fingerprint density at radius 3 is 2.31 bits per heavy atom. The van der Waals surface area contributed by atoms with Crippen LogP contribution in [0, 0.1) is 11.3 Å². The fraction of sp³-hybridized carbons (Fsp3) is 0.364. The van der Waals surface area contributed by atoms with E-state index in [0.29, 0.717) is 19.6 Å². The van der Waals surface area contributed by atoms with E-state index in [0.717, 1.165) is 30.0 Å². The minimum absolute atomic E-state index is 0.159. The number of nitrogens with zero attached hydrogens (tertiary/aromatic N) is 6. The van der Waals surface area contributed by atoms with Crippen molar-refractivity contribution in [3.05, 3.63) is 77.6 Å². The molecule has 1 fully saturated rings. The van der Waals surface area contributed by atoms with Crippen molar-refractivity contribution in [2.75, 3.05) is 26.2 Å². The van der Waals surface area contributed by atoms with Gasteiger partial charge in [0.05, 0.1) is 12.7 Å². The Morgan fingerprint density at radius 1 is 1.10 bits per heavy atom. The van der Waals surface area contributed by atoms with E-state index in [9.17, 15) is 5.26 Å². The molecule has 1 atom stereocenters. The average Bonchev–Trinajstić information content (AvgIpc) is 3.22. The second-order valence-electron chi connectivity index (χ2n) is 7.32. The summed E-state index contributed by atoms with van der Waals surface area (Å²) in [6, 6.07) is 22.8. The average molecular weight is 388 g/mol. The number of morpholine rings is 1. The molecule has 1 aliphatic rings. The van der Waals surface area contributed by atoms with E-state index in [2.05, 4.69) is 26.5 Å². The highest BCUT2D eigenvalue weighted by Crippen LogP contribution is 2.35. The first-order valence-corrected chi connectivity index (χ1v) is 9.81. The Hall–Kier alpha value is -3.08. The summed E-state index contributed by atoms with van der Waals surface area (Å²) in [5, 5.41) is 22.1. The third-order valence-electron chi connectivity index (χ3n) is 5.62. The number of ether oxygens (including phenoxy) is 1. The summed E-state index contributed by atoms with van der Waals surface area (Å²) in [6.45, 7) is 2.93. The Bertz CT molecular complexity index is 926. The molecule has 7 nitrogen and oxygen atoms in total. The topological polar surface area (TPSA) is 79.9 Å². The fourth-order valence-electron chi connectivity index (χ4n) is 3.98. The highest BCUT2D eigenvalue weighted by Gasteiger charge is 2.35. The molecule has 1 unspecified atom stereocenters. The predicted molar refractivity (Wildman–Crippen MR) is 108 cm³/mol. The molecule has 0 spiro atoms. The van der Waals surface area contributed by atoms with Crippen LogP contribution in [0.5, 0.6) is 0 Å². The predicted octanol–water partition coefficient (Wildman–Crippen LogP) is 2.48. The number of hydrogen-bond acceptors (Lipinski definition) is 6. The lowest BCUT2D eigenvalue weighted by molar-refractivity contribution is -0.0370. The van der Waals surface area contributed by atoms with Gasteiger partial charge in [-0.05, 0) is 28.0 Å². The number of benzene rings is 2. The van der Waals surface area contributed by atoms with Gasteiger partial charge in [-0.1, -0.05) is 60.7 Å². The van der Waals surface area contributed by atoms with Crippen molar-refractivity contribution in [2.45, 2.75) is 17.9 Å². The standard InChI is InChI=1S/C22H24N6O/c1-27-21(24-25-26-27)20-16-28(14-15-29-20)13-12-22(17-23,18-8-4-2-5-9-18)19-10-6-3-7-11-19/h2-11,20H,12-16H2,1H3. The molecule has 148 valence electrons. The molecule has 0 radical (unpaired) electrons. The van der Waals surface area contributed by atoms with Crippen LogP contribution in [0.3, 0.4) is 0 Å². The maximum Gasteiger partial charge on any atom is 0.181 e. The minimum atomic E-state index is -0.692. The SMILES string of the molecule is Cn1nnnc1C1CN(CCC(C#N)(c2ccccc2)c2ccccc2)CCO1. The number of tetrazole rings is 1. The Kier molecular flexibility index (Phi) is 5.65. The zero-order chi connectivity index (χ0) is 20.1. The van der Waals surface area contributed by atoms with Gasteiger partial charge in [0.2, 0.25) is 0 Å². The van der Waals surface area contributed by atoms with E-state index in [4.69, 9.17) is 4.74 Å². The van der Waals surface area contributed by atoms with E-state index in [-0.39, 0.29) is 6.10 Å². The van der Waals surface area contributed by atoms with Crippen LogP contribution in [-0.2, 0) is 17.2 Å². The van der Waals surface area contributed by atoms with E-state index in [1.807, 2.05) is 67.7 Å². The molecule has 29 heavy (non-hydrogen) atoms. The molecular weight excluding hydrogens is 364 g/mol. The van der Waals surface area contributed by atoms with Gasteiger partial charge in [-0.3, -0.25) is 4.90 Å². The van der Waals surface area contributed by atoms with Crippen molar-refractivity contribution >= 4 is 0 Å². The Balaban J connectivity index is 1.56. The first-order chi connectivity index (χ1) is 14.2. The lowest BCUT2D eigenvalue weighted by Gasteiger charge is -2.35. The van der Waals surface area contributed by atoms with Crippen molar-refractivity contribution in [1.82, 2.24) is 25.1 Å². The first kappa shape index (κ1) is 19.2. The van der Waals surface area contributed by atoms with Gasteiger partial charge in [0.15, 0.2) is 5.82 Å². The van der Waals surface area contributed by atoms with Gasteiger partial charge in [-0.2, -0.15) is 5.26 Å². The molecule has 3 aromatic rings. The molecule has 0 amide bonds. The molecule has 0 N–H and O–H groups in total. The Labute approximate surface area is 170 Å². The molecule has 1 saturated heterocycles. The quantitative estimate of drug-likeness (QED) is 0.645. The molecule has 1 aliphatic heterocycles. The van der Waals surface area contributed by atoms with E-state index in [1.165, 1.54) is 0 Å². The number of rotatable bonds is 6. The zero-order valence-corrected chi connectivity index (χ0v) is 16.5. The molecule has 0 bridgehead atoms. The highest BCUT2D eigenvalue weighted by molar-refractivity contribution is 5.45. The smallest absolute Gasteiger partial charge is 0.181 e. The summed E-state index contributed by atoms with van der Waals surface area (Å²) in [6.07, 6.45) is 0.537. The van der Waals surface area contributed by atoms with Crippen molar-refractivity contribution in [3.63, 3.8) is 0 Å². The molecule has 1 aromatic heterocycles. The van der Waals surface area contributed by atoms with Crippen LogP contribution in [0.4, 0.5) is 0 Å². The van der Waals surface area contributed by atoms with Gasteiger partial charge < -0.3 is 4.74 Å². The van der Waals surface area contributed by atoms with Gasteiger partial charge in [0.25, 0.3) is 0 Å². The number of aromatic nitrogens is 4. The van der Waals surface area contributed by atoms with Crippen LogP contribution in [0.25, 0.3) is 0 Å². The Morgan fingerprint density at radius 2 is 1.76 bits per heavy atom. The molecule has 4 rings (SSSR count). The van der Waals surface area contributed by atoms with E-state index >= 15 is 0 Å². The van der Waals surface area contributed by atoms with Crippen LogP contribution < -0.4 is 0 Å². The van der Waals surface area contributed by atoms with Gasteiger partial charge in [0, 0.05) is 26.7 Å². The number of nitriles is 1. The number of aryl methyl sites for hydroxylation is 1. The minimum Gasteiger partial charge on any atom is -0.367 e. The normalized spacial score (nSPS) is 17.7. The van der Waals surface area contributed by atoms with Crippen LogP contribution in [0.15, 0.2) is 60.7 Å². The second-order valence-corrected chi connectivity index (χ2v) is 7.32. The third-order valence-corrected chi connectivity index (χ3v) is 5.62. The van der Waals surface area contributed by atoms with Crippen molar-refractivity contribution in [2.24, 2.45) is 7.05 Å². The molecular formula is C22H24N6O. The van der Waals surface area contributed by atoms with Gasteiger partial charge >= 0.3 is 0 Å². The van der Waals surface area contributed by atoms with Gasteiger partial charge in [-0.15, -0.1) is 5.10 Å². The first-order valence-electron chi connectivity index (χ1n) is 9.81. The van der Waals surface area contributed by atoms with Crippen molar-refractivity contribution in [1.29, 1.82) is 5.26 Å².